The van der Waals surface area contributed by atoms with Crippen molar-refractivity contribution in [1.29, 1.82) is 0 Å². The highest BCUT2D eigenvalue weighted by atomic mass is 35.5. The number of nitro groups is 1. The second-order valence-electron chi connectivity index (χ2n) is 5.58. The minimum atomic E-state index is -0.883. The number of nitrogens with zero attached hydrogens (tertiary/aromatic N) is 2. The van der Waals surface area contributed by atoms with Crippen molar-refractivity contribution in [2.75, 3.05) is 27.2 Å². The summed E-state index contributed by atoms with van der Waals surface area (Å²) in [6.45, 7) is -0.739. The minimum absolute atomic E-state index is 0.0782. The molecule has 2 aromatic rings. The Morgan fingerprint density at radius 3 is 2.61 bits per heavy atom. The molecule has 2 rings (SSSR count). The summed E-state index contributed by atoms with van der Waals surface area (Å²) in [6, 6.07) is 6.59. The van der Waals surface area contributed by atoms with Gasteiger partial charge in [-0.3, -0.25) is 19.7 Å². The molecule has 0 saturated heterocycles. The maximum Gasteiger partial charge on any atom is 0.374 e. The first-order valence-corrected chi connectivity index (χ1v) is 8.26. The Morgan fingerprint density at radius 1 is 1.29 bits per heavy atom. The fourth-order valence-electron chi connectivity index (χ4n) is 2.10. The molecule has 0 fully saturated rings. The highest BCUT2D eigenvalue weighted by Crippen LogP contribution is 2.32. The van der Waals surface area contributed by atoms with Gasteiger partial charge >= 0.3 is 5.97 Å². The Balaban J connectivity index is 2.02. The molecule has 0 aliphatic heterocycles. The Morgan fingerprint density at radius 2 is 2.00 bits per heavy atom. The van der Waals surface area contributed by atoms with Gasteiger partial charge in [0, 0.05) is 31.8 Å². The van der Waals surface area contributed by atoms with Crippen molar-refractivity contribution in [3.8, 4) is 11.3 Å². The van der Waals surface area contributed by atoms with Crippen molar-refractivity contribution < 1.29 is 28.5 Å². The Labute approximate surface area is 164 Å². The number of halogens is 1. The molecule has 0 spiro atoms. The number of rotatable bonds is 7. The van der Waals surface area contributed by atoms with Crippen LogP contribution in [0, 0.1) is 10.1 Å². The van der Waals surface area contributed by atoms with Crippen molar-refractivity contribution in [3.05, 3.63) is 51.2 Å². The average Bonchev–Trinajstić information content (AvgIpc) is 3.15. The smallest absolute Gasteiger partial charge is 0.374 e. The first-order valence-electron chi connectivity index (χ1n) is 7.88. The van der Waals surface area contributed by atoms with Crippen LogP contribution in [0.4, 0.5) is 5.69 Å². The lowest BCUT2D eigenvalue weighted by Gasteiger charge is -2.15. The van der Waals surface area contributed by atoms with Crippen LogP contribution in [0.2, 0.25) is 5.02 Å². The lowest BCUT2D eigenvalue weighted by Crippen LogP contribution is -2.39. The quantitative estimate of drug-likeness (QED) is 0.419. The van der Waals surface area contributed by atoms with Crippen LogP contribution in [0.3, 0.4) is 0 Å². The van der Waals surface area contributed by atoms with Crippen molar-refractivity contribution in [2.45, 2.75) is 0 Å². The van der Waals surface area contributed by atoms with E-state index < -0.39 is 23.4 Å². The first kappa shape index (κ1) is 20.9. The molecule has 1 aromatic carbocycles. The monoisotopic (exact) mass is 409 g/mol. The number of esters is 1. The van der Waals surface area contributed by atoms with Crippen LogP contribution in [0.15, 0.2) is 34.7 Å². The van der Waals surface area contributed by atoms with Gasteiger partial charge in [-0.05, 0) is 18.2 Å². The van der Waals surface area contributed by atoms with Gasteiger partial charge in [-0.15, -0.1) is 0 Å². The van der Waals surface area contributed by atoms with E-state index in [4.69, 9.17) is 20.8 Å². The second-order valence-corrected chi connectivity index (χ2v) is 5.99. The minimum Gasteiger partial charge on any atom is -0.450 e. The third kappa shape index (κ3) is 5.07. The van der Waals surface area contributed by atoms with Gasteiger partial charge in [-0.25, -0.2) is 4.79 Å². The number of nitrogens with one attached hydrogen (secondary N) is 1. The summed E-state index contributed by atoms with van der Waals surface area (Å²) in [5.41, 5.74) is 0.173. The molecule has 1 N–H and O–H groups in total. The number of hydrogen-bond acceptors (Lipinski definition) is 7. The molecule has 10 nitrogen and oxygen atoms in total. The van der Waals surface area contributed by atoms with Gasteiger partial charge in [-0.2, -0.15) is 0 Å². The Hall–Kier alpha value is -3.40. The van der Waals surface area contributed by atoms with E-state index >= 15 is 0 Å². The zero-order chi connectivity index (χ0) is 20.8. The summed E-state index contributed by atoms with van der Waals surface area (Å²) in [4.78, 5) is 46.4. The SMILES string of the molecule is CNC(=O)CN(C)C(=O)COC(=O)c1ccc(-c2ccc([N+](=O)[O-])cc2Cl)o1. The molecule has 0 unspecified atom stereocenters. The van der Waals surface area contributed by atoms with E-state index in [1.807, 2.05) is 0 Å². The lowest BCUT2D eigenvalue weighted by molar-refractivity contribution is -0.384. The second kappa shape index (κ2) is 9.00. The van der Waals surface area contributed by atoms with Crippen molar-refractivity contribution in [1.82, 2.24) is 10.2 Å². The summed E-state index contributed by atoms with van der Waals surface area (Å²) in [6.07, 6.45) is 0. The number of nitro benzene ring substituents is 1. The normalized spacial score (nSPS) is 10.2. The maximum absolute atomic E-state index is 12.0. The van der Waals surface area contributed by atoms with E-state index in [-0.39, 0.29) is 34.7 Å². The zero-order valence-electron chi connectivity index (χ0n) is 14.9. The van der Waals surface area contributed by atoms with E-state index in [2.05, 4.69) is 5.32 Å². The molecule has 0 aliphatic rings. The van der Waals surface area contributed by atoms with Gasteiger partial charge in [0.1, 0.15) is 5.76 Å². The van der Waals surface area contributed by atoms with E-state index in [0.29, 0.717) is 5.56 Å². The largest absolute Gasteiger partial charge is 0.450 e. The summed E-state index contributed by atoms with van der Waals surface area (Å²) in [5.74, 6) is -1.79. The Kier molecular flexibility index (Phi) is 6.72. The molecule has 11 heteroatoms. The van der Waals surface area contributed by atoms with Crippen LogP contribution < -0.4 is 5.32 Å². The number of non-ortho nitro benzene ring substituents is 1. The van der Waals surface area contributed by atoms with Crippen molar-refractivity contribution in [3.63, 3.8) is 0 Å². The molecule has 1 aromatic heterocycles. The van der Waals surface area contributed by atoms with E-state index in [0.717, 1.165) is 4.90 Å². The number of amides is 2. The number of hydrogen-bond donors (Lipinski definition) is 1. The number of carbonyl (C=O) groups is 3. The number of likely N-dealkylation sites (N-methyl/N-ethyl adjacent to an activating group) is 2. The van der Waals surface area contributed by atoms with Gasteiger partial charge in [0.25, 0.3) is 11.6 Å². The molecule has 0 radical (unpaired) electrons. The van der Waals surface area contributed by atoms with Crippen LogP contribution >= 0.6 is 11.6 Å². The molecule has 0 aliphatic carbocycles. The van der Waals surface area contributed by atoms with E-state index in [1.54, 1.807) is 0 Å². The van der Waals surface area contributed by atoms with Crippen LogP contribution in [-0.2, 0) is 14.3 Å². The molecule has 2 amide bonds. The van der Waals surface area contributed by atoms with Gasteiger partial charge in [-0.1, -0.05) is 11.6 Å². The predicted molar refractivity (Wildman–Crippen MR) is 97.8 cm³/mol. The number of furan rings is 1. The fourth-order valence-corrected chi connectivity index (χ4v) is 2.37. The number of benzene rings is 1. The van der Waals surface area contributed by atoms with Gasteiger partial charge in [0.2, 0.25) is 11.7 Å². The van der Waals surface area contributed by atoms with E-state index in [9.17, 15) is 24.5 Å². The van der Waals surface area contributed by atoms with Crippen molar-refractivity contribution in [2.24, 2.45) is 0 Å². The molecule has 0 saturated carbocycles. The van der Waals surface area contributed by atoms with Crippen LogP contribution in [0.25, 0.3) is 11.3 Å². The summed E-state index contributed by atoms with van der Waals surface area (Å²) < 4.78 is 10.2. The summed E-state index contributed by atoms with van der Waals surface area (Å²) >= 11 is 6.02. The average molecular weight is 410 g/mol. The third-order valence-electron chi connectivity index (χ3n) is 3.65. The molecule has 28 heavy (non-hydrogen) atoms. The maximum atomic E-state index is 12.0. The first-order chi connectivity index (χ1) is 13.2. The van der Waals surface area contributed by atoms with E-state index in [1.165, 1.54) is 44.4 Å². The topological polar surface area (TPSA) is 132 Å². The predicted octanol–water partition coefficient (Wildman–Crippen LogP) is 1.87. The zero-order valence-corrected chi connectivity index (χ0v) is 15.7. The summed E-state index contributed by atoms with van der Waals surface area (Å²) in [5, 5.41) is 13.2. The lowest BCUT2D eigenvalue weighted by atomic mass is 10.1. The van der Waals surface area contributed by atoms with Gasteiger partial charge < -0.3 is 19.4 Å². The van der Waals surface area contributed by atoms with Crippen LogP contribution in [0.1, 0.15) is 10.6 Å². The van der Waals surface area contributed by atoms with Crippen LogP contribution in [-0.4, -0.2) is 54.9 Å². The molecular weight excluding hydrogens is 394 g/mol. The highest BCUT2D eigenvalue weighted by Gasteiger charge is 2.19. The van der Waals surface area contributed by atoms with Gasteiger partial charge in [0.05, 0.1) is 16.5 Å². The van der Waals surface area contributed by atoms with Crippen molar-refractivity contribution >= 4 is 35.1 Å². The molecule has 148 valence electrons. The third-order valence-corrected chi connectivity index (χ3v) is 3.96. The molecule has 0 atom stereocenters. The standard InChI is InChI=1S/C17H16ClN3O7/c1-19-15(22)8-20(2)16(23)9-27-17(24)14-6-5-13(28-14)11-4-3-10(21(25)26)7-12(11)18/h3-7H,8-9H2,1-2H3,(H,19,22). The number of ether oxygens (including phenoxy) is 1. The van der Waals surface area contributed by atoms with Crippen LogP contribution in [0.5, 0.6) is 0 Å². The van der Waals surface area contributed by atoms with Gasteiger partial charge in [0.15, 0.2) is 6.61 Å². The highest BCUT2D eigenvalue weighted by molar-refractivity contribution is 6.33. The summed E-state index contributed by atoms with van der Waals surface area (Å²) in [7, 11) is 2.83. The number of carbonyl (C=O) groups excluding carboxylic acids is 3. The molecule has 0 bridgehead atoms. The molecular formula is C17H16ClN3O7. The molecule has 1 heterocycles. The Bertz CT molecular complexity index is 925. The fraction of sp³-hybridized carbons (Fsp3) is 0.235.